The monoisotopic (exact) mass is 360 g/mol. The molecule has 0 aliphatic carbocycles. The molecule has 4 rings (SSSR count). The van der Waals surface area contributed by atoms with Gasteiger partial charge in [-0.3, -0.25) is 4.90 Å². The molecule has 0 saturated carbocycles. The summed E-state index contributed by atoms with van der Waals surface area (Å²) in [7, 11) is 4.06. The van der Waals surface area contributed by atoms with Crippen molar-refractivity contribution < 1.29 is 0 Å². The molecular formula is C21H24N6. The van der Waals surface area contributed by atoms with Gasteiger partial charge in [-0.05, 0) is 30.3 Å². The Morgan fingerprint density at radius 1 is 1.11 bits per heavy atom. The molecule has 0 spiro atoms. The Morgan fingerprint density at radius 2 is 1.93 bits per heavy atom. The second-order valence-electron chi connectivity index (χ2n) is 7.13. The van der Waals surface area contributed by atoms with E-state index in [0.717, 1.165) is 54.6 Å². The number of rotatable bonds is 4. The van der Waals surface area contributed by atoms with Gasteiger partial charge in [0.05, 0.1) is 5.69 Å². The summed E-state index contributed by atoms with van der Waals surface area (Å²) in [5.41, 5.74) is 11.1. The molecule has 1 aromatic carbocycles. The fraction of sp³-hybridized carbons (Fsp3) is 0.286. The molecule has 3 heterocycles. The summed E-state index contributed by atoms with van der Waals surface area (Å²) in [5, 5.41) is 0. The maximum absolute atomic E-state index is 5.77. The van der Waals surface area contributed by atoms with E-state index in [-0.39, 0.29) is 0 Å². The first-order valence-corrected chi connectivity index (χ1v) is 9.14. The topological polar surface area (TPSA) is 71.2 Å². The summed E-state index contributed by atoms with van der Waals surface area (Å²) in [5.74, 6) is 1.79. The minimum atomic E-state index is 0.750. The highest BCUT2D eigenvalue weighted by atomic mass is 15.2. The lowest BCUT2D eigenvalue weighted by Gasteiger charge is -2.29. The number of hydrogen-bond donors (Lipinski definition) is 1. The van der Waals surface area contributed by atoms with E-state index >= 15 is 0 Å². The van der Waals surface area contributed by atoms with Crippen molar-refractivity contribution in [2.75, 3.05) is 31.3 Å². The molecule has 6 heteroatoms. The smallest absolute Gasteiger partial charge is 0.159 e. The van der Waals surface area contributed by atoms with Crippen molar-refractivity contribution in [2.45, 2.75) is 19.5 Å². The molecule has 0 saturated heterocycles. The van der Waals surface area contributed by atoms with Gasteiger partial charge in [0.2, 0.25) is 0 Å². The number of nitrogens with zero attached hydrogens (tertiary/aromatic N) is 5. The van der Waals surface area contributed by atoms with Crippen LogP contribution >= 0.6 is 0 Å². The molecular weight excluding hydrogens is 336 g/mol. The highest BCUT2D eigenvalue weighted by molar-refractivity contribution is 5.58. The highest BCUT2D eigenvalue weighted by Gasteiger charge is 2.20. The fourth-order valence-corrected chi connectivity index (χ4v) is 3.48. The maximum Gasteiger partial charge on any atom is 0.159 e. The predicted molar refractivity (Wildman–Crippen MR) is 108 cm³/mol. The minimum absolute atomic E-state index is 0.750. The van der Waals surface area contributed by atoms with E-state index in [0.29, 0.717) is 0 Å². The molecule has 6 nitrogen and oxygen atoms in total. The molecule has 1 aliphatic rings. The number of aromatic nitrogens is 3. The lowest BCUT2D eigenvalue weighted by molar-refractivity contribution is 0.243. The molecule has 0 amide bonds. The number of fused-ring (bicyclic) bond motifs is 1. The van der Waals surface area contributed by atoms with E-state index in [9.17, 15) is 0 Å². The maximum atomic E-state index is 5.77. The Kier molecular flexibility index (Phi) is 4.73. The van der Waals surface area contributed by atoms with Crippen LogP contribution in [0.5, 0.6) is 0 Å². The van der Waals surface area contributed by atoms with Gasteiger partial charge in [-0.15, -0.1) is 0 Å². The third-order valence-electron chi connectivity index (χ3n) is 4.87. The van der Waals surface area contributed by atoms with Gasteiger partial charge >= 0.3 is 0 Å². The Morgan fingerprint density at radius 3 is 2.70 bits per heavy atom. The molecule has 0 atom stereocenters. The largest absolute Gasteiger partial charge is 0.399 e. The van der Waals surface area contributed by atoms with Crippen LogP contribution in [0.2, 0.25) is 0 Å². The van der Waals surface area contributed by atoms with Crippen LogP contribution in [0.3, 0.4) is 0 Å². The molecule has 0 unspecified atom stereocenters. The average molecular weight is 360 g/mol. The quantitative estimate of drug-likeness (QED) is 0.722. The zero-order chi connectivity index (χ0) is 18.8. The van der Waals surface area contributed by atoms with Crippen LogP contribution in [-0.4, -0.2) is 40.5 Å². The average Bonchev–Trinajstić information content (AvgIpc) is 2.68. The van der Waals surface area contributed by atoms with Crippen molar-refractivity contribution in [1.29, 1.82) is 0 Å². The number of hydrogen-bond acceptors (Lipinski definition) is 6. The molecule has 1 aliphatic heterocycles. The molecule has 27 heavy (non-hydrogen) atoms. The van der Waals surface area contributed by atoms with Crippen molar-refractivity contribution in [2.24, 2.45) is 0 Å². The van der Waals surface area contributed by atoms with E-state index in [1.54, 1.807) is 0 Å². The fourth-order valence-electron chi connectivity index (χ4n) is 3.48. The van der Waals surface area contributed by atoms with Gasteiger partial charge in [-0.25, -0.2) is 15.0 Å². The van der Waals surface area contributed by atoms with Gasteiger partial charge in [-0.2, -0.15) is 0 Å². The number of pyridine rings is 1. The van der Waals surface area contributed by atoms with Crippen molar-refractivity contribution in [1.82, 2.24) is 19.9 Å². The summed E-state index contributed by atoms with van der Waals surface area (Å²) < 4.78 is 0. The first-order valence-electron chi connectivity index (χ1n) is 9.14. The Bertz CT molecular complexity index is 936. The van der Waals surface area contributed by atoms with Crippen LogP contribution in [0.25, 0.3) is 11.4 Å². The standard InChI is InChI=1S/C21H24N6/c1-26(2)21-16(4-3-10-23-21)13-27-11-9-19-17(14-27)12-24-20(25-19)15-5-7-18(22)8-6-15/h3-8,10,12H,9,11,13-14,22H2,1-2H3. The SMILES string of the molecule is CN(C)c1ncccc1CN1CCc2nc(-c3ccc(N)cc3)ncc2C1. The Labute approximate surface area is 159 Å². The van der Waals surface area contributed by atoms with Crippen LogP contribution in [0, 0.1) is 0 Å². The first-order chi connectivity index (χ1) is 13.1. The van der Waals surface area contributed by atoms with Crippen LogP contribution in [0.15, 0.2) is 48.8 Å². The molecule has 0 fully saturated rings. The van der Waals surface area contributed by atoms with Crippen LogP contribution < -0.4 is 10.6 Å². The van der Waals surface area contributed by atoms with E-state index in [4.69, 9.17) is 10.7 Å². The first kappa shape index (κ1) is 17.4. The summed E-state index contributed by atoms with van der Waals surface area (Å²) in [4.78, 5) is 18.4. The number of benzene rings is 1. The van der Waals surface area contributed by atoms with Gasteiger partial charge < -0.3 is 10.6 Å². The van der Waals surface area contributed by atoms with Crippen LogP contribution in [0.1, 0.15) is 16.8 Å². The van der Waals surface area contributed by atoms with Gasteiger partial charge in [0.25, 0.3) is 0 Å². The van der Waals surface area contributed by atoms with Crippen molar-refractivity contribution in [3.8, 4) is 11.4 Å². The third kappa shape index (κ3) is 3.75. The Balaban J connectivity index is 1.52. The van der Waals surface area contributed by atoms with Crippen molar-refractivity contribution >= 4 is 11.5 Å². The molecule has 0 radical (unpaired) electrons. The van der Waals surface area contributed by atoms with Gasteiger partial charge in [-0.1, -0.05) is 6.07 Å². The third-order valence-corrected chi connectivity index (χ3v) is 4.87. The summed E-state index contributed by atoms with van der Waals surface area (Å²) >= 11 is 0. The number of nitrogens with two attached hydrogens (primary N) is 1. The van der Waals surface area contributed by atoms with Crippen molar-refractivity contribution in [3.63, 3.8) is 0 Å². The van der Waals surface area contributed by atoms with E-state index < -0.39 is 0 Å². The molecule has 2 N–H and O–H groups in total. The molecule has 2 aromatic heterocycles. The van der Waals surface area contributed by atoms with Crippen LogP contribution in [-0.2, 0) is 19.5 Å². The highest BCUT2D eigenvalue weighted by Crippen LogP contribution is 2.24. The van der Waals surface area contributed by atoms with Crippen molar-refractivity contribution in [3.05, 3.63) is 65.6 Å². The number of nitrogen functional groups attached to an aromatic ring is 1. The normalized spacial score (nSPS) is 14.0. The zero-order valence-electron chi connectivity index (χ0n) is 15.8. The second kappa shape index (κ2) is 7.32. The van der Waals surface area contributed by atoms with Gasteiger partial charge in [0.15, 0.2) is 5.82 Å². The van der Waals surface area contributed by atoms with E-state index in [1.807, 2.05) is 56.8 Å². The Hall–Kier alpha value is -2.99. The van der Waals surface area contributed by atoms with Gasteiger partial charge in [0.1, 0.15) is 5.82 Å². The van der Waals surface area contributed by atoms with E-state index in [2.05, 4.69) is 25.8 Å². The molecule has 0 bridgehead atoms. The summed E-state index contributed by atoms with van der Waals surface area (Å²) in [6.07, 6.45) is 4.74. The minimum Gasteiger partial charge on any atom is -0.399 e. The van der Waals surface area contributed by atoms with Gasteiger partial charge in [0, 0.05) is 74.9 Å². The lowest BCUT2D eigenvalue weighted by Crippen LogP contribution is -2.31. The van der Waals surface area contributed by atoms with Crippen LogP contribution in [0.4, 0.5) is 11.5 Å². The zero-order valence-corrected chi connectivity index (χ0v) is 15.8. The summed E-state index contributed by atoms with van der Waals surface area (Å²) in [6.45, 7) is 2.71. The number of anilines is 2. The van der Waals surface area contributed by atoms with E-state index in [1.165, 1.54) is 11.1 Å². The molecule has 3 aromatic rings. The lowest BCUT2D eigenvalue weighted by atomic mass is 10.1. The predicted octanol–water partition coefficient (Wildman–Crippen LogP) is 2.75. The molecule has 138 valence electrons. The summed E-state index contributed by atoms with van der Waals surface area (Å²) in [6, 6.07) is 11.9. The second-order valence-corrected chi connectivity index (χ2v) is 7.13.